The average molecular weight is 272 g/mol. The molecule has 1 aliphatic rings. The van der Waals surface area contributed by atoms with Gasteiger partial charge in [-0.05, 0) is 37.8 Å². The zero-order chi connectivity index (χ0) is 14.3. The van der Waals surface area contributed by atoms with Crippen LogP contribution in [0.25, 0.3) is 10.9 Å². The van der Waals surface area contributed by atoms with Crippen LogP contribution in [-0.4, -0.2) is 22.6 Å². The van der Waals surface area contributed by atoms with E-state index in [1.807, 2.05) is 6.07 Å². The summed E-state index contributed by atoms with van der Waals surface area (Å²) in [4.78, 5) is 20.9. The van der Waals surface area contributed by atoms with Crippen LogP contribution in [0, 0.1) is 5.92 Å². The Bertz CT molecular complexity index is 694. The van der Waals surface area contributed by atoms with E-state index in [2.05, 4.69) is 28.7 Å². The summed E-state index contributed by atoms with van der Waals surface area (Å²) in [6.45, 7) is 5.52. The van der Waals surface area contributed by atoms with E-state index >= 15 is 0 Å². The summed E-state index contributed by atoms with van der Waals surface area (Å²) in [7, 11) is 0. The topological polar surface area (TPSA) is 75.0 Å². The largest absolute Gasteiger partial charge is 0.397 e. The lowest BCUT2D eigenvalue weighted by atomic mass is 9.92. The number of nitrogens with one attached hydrogen (secondary N) is 1. The minimum Gasteiger partial charge on any atom is -0.397 e. The molecule has 2 atom stereocenters. The minimum atomic E-state index is -0.145. The van der Waals surface area contributed by atoms with Gasteiger partial charge in [-0.1, -0.05) is 6.92 Å². The summed E-state index contributed by atoms with van der Waals surface area (Å²) < 4.78 is 0. The number of rotatable bonds is 1. The van der Waals surface area contributed by atoms with E-state index in [1.165, 1.54) is 19.2 Å². The maximum atomic E-state index is 11.8. The van der Waals surface area contributed by atoms with Crippen molar-refractivity contribution in [2.75, 3.05) is 17.2 Å². The third-order valence-electron chi connectivity index (χ3n) is 4.24. The Labute approximate surface area is 117 Å². The van der Waals surface area contributed by atoms with Crippen LogP contribution in [0.1, 0.15) is 26.7 Å². The van der Waals surface area contributed by atoms with Crippen molar-refractivity contribution in [2.24, 2.45) is 5.92 Å². The molecule has 0 spiro atoms. The van der Waals surface area contributed by atoms with Crippen LogP contribution in [0.4, 0.5) is 11.4 Å². The summed E-state index contributed by atoms with van der Waals surface area (Å²) in [6.07, 6.45) is 3.78. The summed E-state index contributed by atoms with van der Waals surface area (Å²) in [5.41, 5.74) is 8.36. The Morgan fingerprint density at radius 3 is 2.95 bits per heavy atom. The Hall–Kier alpha value is -2.04. The molecule has 1 aliphatic heterocycles. The Balaban J connectivity index is 2.08. The molecule has 5 heteroatoms. The lowest BCUT2D eigenvalue weighted by Crippen LogP contribution is -2.40. The predicted octanol–water partition coefficient (Wildman–Crippen LogP) is 2.13. The van der Waals surface area contributed by atoms with Gasteiger partial charge in [-0.2, -0.15) is 0 Å². The minimum absolute atomic E-state index is 0.145. The van der Waals surface area contributed by atoms with Crippen LogP contribution in [0.15, 0.2) is 23.3 Å². The van der Waals surface area contributed by atoms with Crippen molar-refractivity contribution >= 4 is 22.3 Å². The van der Waals surface area contributed by atoms with Crippen LogP contribution in [-0.2, 0) is 0 Å². The molecule has 0 radical (unpaired) electrons. The Kier molecular flexibility index (Phi) is 3.12. The maximum Gasteiger partial charge on any atom is 0.258 e. The average Bonchev–Trinajstić information content (AvgIpc) is 2.40. The molecule has 5 nitrogen and oxygen atoms in total. The number of hydrogen-bond acceptors (Lipinski definition) is 4. The summed E-state index contributed by atoms with van der Waals surface area (Å²) in [5, 5.41) is 0.548. The van der Waals surface area contributed by atoms with Crippen molar-refractivity contribution in [1.29, 1.82) is 0 Å². The normalized spacial score (nSPS) is 23.2. The molecule has 1 fully saturated rings. The first-order valence-electron chi connectivity index (χ1n) is 7.10. The fourth-order valence-corrected chi connectivity index (χ4v) is 3.13. The number of hydrogen-bond donors (Lipinski definition) is 2. The second kappa shape index (κ2) is 4.81. The van der Waals surface area contributed by atoms with Gasteiger partial charge in [-0.3, -0.25) is 4.79 Å². The van der Waals surface area contributed by atoms with E-state index in [9.17, 15) is 4.79 Å². The molecule has 3 rings (SSSR count). The van der Waals surface area contributed by atoms with Crippen LogP contribution in [0.3, 0.4) is 0 Å². The molecular weight excluding hydrogens is 252 g/mol. The van der Waals surface area contributed by atoms with E-state index in [4.69, 9.17) is 5.73 Å². The third kappa shape index (κ3) is 2.13. The van der Waals surface area contributed by atoms with E-state index in [1.54, 1.807) is 6.07 Å². The van der Waals surface area contributed by atoms with Gasteiger partial charge in [0.2, 0.25) is 0 Å². The van der Waals surface area contributed by atoms with E-state index in [0.717, 1.165) is 18.2 Å². The molecular formula is C15H20N4O. The van der Waals surface area contributed by atoms with Crippen molar-refractivity contribution in [2.45, 2.75) is 32.7 Å². The summed E-state index contributed by atoms with van der Waals surface area (Å²) >= 11 is 0. The number of aromatic nitrogens is 2. The molecule has 3 N–H and O–H groups in total. The lowest BCUT2D eigenvalue weighted by molar-refractivity contribution is 0.378. The van der Waals surface area contributed by atoms with Gasteiger partial charge in [0.25, 0.3) is 5.56 Å². The molecule has 1 aromatic heterocycles. The molecule has 106 valence electrons. The molecule has 2 unspecified atom stereocenters. The van der Waals surface area contributed by atoms with Crippen molar-refractivity contribution in [1.82, 2.24) is 9.97 Å². The van der Waals surface area contributed by atoms with E-state index in [0.29, 0.717) is 22.6 Å². The van der Waals surface area contributed by atoms with Gasteiger partial charge >= 0.3 is 0 Å². The third-order valence-corrected chi connectivity index (χ3v) is 4.24. The first-order chi connectivity index (χ1) is 9.56. The highest BCUT2D eigenvalue weighted by Gasteiger charge is 2.24. The van der Waals surface area contributed by atoms with Gasteiger partial charge in [0.05, 0.1) is 28.6 Å². The van der Waals surface area contributed by atoms with Gasteiger partial charge < -0.3 is 15.6 Å². The second-order valence-corrected chi connectivity index (χ2v) is 5.83. The smallest absolute Gasteiger partial charge is 0.258 e. The van der Waals surface area contributed by atoms with Crippen LogP contribution >= 0.6 is 0 Å². The fourth-order valence-electron chi connectivity index (χ4n) is 3.13. The second-order valence-electron chi connectivity index (χ2n) is 5.83. The van der Waals surface area contributed by atoms with Gasteiger partial charge in [0, 0.05) is 12.6 Å². The number of piperidine rings is 1. The first kappa shape index (κ1) is 13.0. The quantitative estimate of drug-likeness (QED) is 0.780. The van der Waals surface area contributed by atoms with Gasteiger partial charge in [0.15, 0.2) is 0 Å². The molecule has 0 aliphatic carbocycles. The van der Waals surface area contributed by atoms with E-state index in [-0.39, 0.29) is 5.56 Å². The molecule has 20 heavy (non-hydrogen) atoms. The fraction of sp³-hybridized carbons (Fsp3) is 0.467. The number of aromatic amines is 1. The SMILES string of the molecule is CC1CCN(c2cc3nc[nH]c(=O)c3cc2N)C(C)C1. The number of fused-ring (bicyclic) bond motifs is 1. The molecule has 1 saturated heterocycles. The van der Waals surface area contributed by atoms with E-state index < -0.39 is 0 Å². The van der Waals surface area contributed by atoms with Gasteiger partial charge in [-0.25, -0.2) is 4.98 Å². The predicted molar refractivity (Wildman–Crippen MR) is 82.0 cm³/mol. The molecule has 0 amide bonds. The molecule has 1 aromatic carbocycles. The summed E-state index contributed by atoms with van der Waals surface area (Å²) in [5.74, 6) is 0.754. The number of anilines is 2. The number of nitrogens with zero attached hydrogens (tertiary/aromatic N) is 2. The maximum absolute atomic E-state index is 11.8. The van der Waals surface area contributed by atoms with Crippen LogP contribution in [0.5, 0.6) is 0 Å². The standard InChI is InChI=1S/C15H20N4O/c1-9-3-4-19(10(2)5-9)14-7-13-11(6-12(14)16)15(20)18-8-17-13/h6-10H,3-5,16H2,1-2H3,(H,17,18,20). The molecule has 2 heterocycles. The molecule has 0 bridgehead atoms. The Morgan fingerprint density at radius 2 is 2.20 bits per heavy atom. The Morgan fingerprint density at radius 1 is 1.40 bits per heavy atom. The highest BCUT2D eigenvalue weighted by molar-refractivity contribution is 5.88. The van der Waals surface area contributed by atoms with Crippen molar-refractivity contribution in [3.05, 3.63) is 28.8 Å². The monoisotopic (exact) mass is 272 g/mol. The number of benzene rings is 1. The summed E-state index contributed by atoms with van der Waals surface area (Å²) in [6, 6.07) is 4.13. The highest BCUT2D eigenvalue weighted by Crippen LogP contribution is 2.33. The zero-order valence-electron chi connectivity index (χ0n) is 11.9. The highest BCUT2D eigenvalue weighted by atomic mass is 16.1. The lowest BCUT2D eigenvalue weighted by Gasteiger charge is -2.38. The van der Waals surface area contributed by atoms with Crippen molar-refractivity contribution in [3.8, 4) is 0 Å². The number of nitrogen functional groups attached to an aromatic ring is 1. The van der Waals surface area contributed by atoms with Crippen molar-refractivity contribution < 1.29 is 0 Å². The zero-order valence-corrected chi connectivity index (χ0v) is 11.9. The van der Waals surface area contributed by atoms with Crippen LogP contribution in [0.2, 0.25) is 0 Å². The number of nitrogens with two attached hydrogens (primary N) is 1. The van der Waals surface area contributed by atoms with Crippen molar-refractivity contribution in [3.63, 3.8) is 0 Å². The van der Waals surface area contributed by atoms with Gasteiger partial charge in [-0.15, -0.1) is 0 Å². The molecule has 2 aromatic rings. The number of H-pyrrole nitrogens is 1. The molecule has 0 saturated carbocycles. The first-order valence-corrected chi connectivity index (χ1v) is 7.10. The van der Waals surface area contributed by atoms with Crippen LogP contribution < -0.4 is 16.2 Å². The van der Waals surface area contributed by atoms with Gasteiger partial charge in [0.1, 0.15) is 0 Å².